The predicted octanol–water partition coefficient (Wildman–Crippen LogP) is 4.23. The molecule has 0 unspecified atom stereocenters. The number of nitrogens with one attached hydrogen (secondary N) is 1. The average molecular weight is 405 g/mol. The SMILES string of the molecule is CC[C@@H](C)Oc1c(Cl)cc(/C=N/NC(=O)Cc2ccc(OC)cc2)cc1OC. The van der Waals surface area contributed by atoms with E-state index in [0.29, 0.717) is 22.1 Å². The normalized spacial score (nSPS) is 11.9. The van der Waals surface area contributed by atoms with Gasteiger partial charge in [-0.2, -0.15) is 5.10 Å². The van der Waals surface area contributed by atoms with Crippen molar-refractivity contribution in [2.75, 3.05) is 14.2 Å². The van der Waals surface area contributed by atoms with Crippen molar-refractivity contribution in [3.8, 4) is 17.2 Å². The molecule has 0 aliphatic heterocycles. The molecule has 0 saturated carbocycles. The highest BCUT2D eigenvalue weighted by atomic mass is 35.5. The first-order valence-corrected chi connectivity index (χ1v) is 9.33. The largest absolute Gasteiger partial charge is 0.497 e. The summed E-state index contributed by atoms with van der Waals surface area (Å²) in [5.74, 6) is 1.53. The number of carbonyl (C=O) groups is 1. The summed E-state index contributed by atoms with van der Waals surface area (Å²) in [4.78, 5) is 12.0. The molecular weight excluding hydrogens is 380 g/mol. The molecule has 0 aliphatic rings. The van der Waals surface area contributed by atoms with Crippen molar-refractivity contribution in [2.45, 2.75) is 32.8 Å². The second kappa shape index (κ2) is 10.6. The molecule has 2 aromatic rings. The van der Waals surface area contributed by atoms with Gasteiger partial charge < -0.3 is 14.2 Å². The number of hydrogen-bond donors (Lipinski definition) is 1. The summed E-state index contributed by atoms with van der Waals surface area (Å²) >= 11 is 6.32. The standard InChI is InChI=1S/C21H25ClN2O4/c1-5-14(2)28-21-18(22)10-16(11-19(21)27-4)13-23-24-20(25)12-15-6-8-17(26-3)9-7-15/h6-11,13-14H,5,12H2,1-4H3,(H,24,25)/b23-13+/t14-/m1/s1. The quantitative estimate of drug-likeness (QED) is 0.501. The number of rotatable bonds is 9. The molecule has 0 saturated heterocycles. The minimum Gasteiger partial charge on any atom is -0.497 e. The van der Waals surface area contributed by atoms with Gasteiger partial charge in [0.2, 0.25) is 5.91 Å². The molecule has 0 radical (unpaired) electrons. The van der Waals surface area contributed by atoms with E-state index in [-0.39, 0.29) is 18.4 Å². The van der Waals surface area contributed by atoms with Crippen LogP contribution in [0.2, 0.25) is 5.02 Å². The lowest BCUT2D eigenvalue weighted by atomic mass is 10.1. The Balaban J connectivity index is 2.00. The van der Waals surface area contributed by atoms with E-state index in [4.69, 9.17) is 25.8 Å². The Morgan fingerprint density at radius 3 is 2.54 bits per heavy atom. The van der Waals surface area contributed by atoms with Gasteiger partial charge in [0, 0.05) is 0 Å². The third-order valence-electron chi connectivity index (χ3n) is 4.07. The number of nitrogens with zero attached hydrogens (tertiary/aromatic N) is 1. The molecule has 0 aliphatic carbocycles. The smallest absolute Gasteiger partial charge is 0.244 e. The number of methoxy groups -OCH3 is 2. The Bertz CT molecular complexity index is 822. The third kappa shape index (κ3) is 6.16. The molecule has 0 fully saturated rings. The molecule has 2 aromatic carbocycles. The number of halogens is 1. The summed E-state index contributed by atoms with van der Waals surface area (Å²) in [6, 6.07) is 10.8. The van der Waals surface area contributed by atoms with Gasteiger partial charge in [0.25, 0.3) is 0 Å². The van der Waals surface area contributed by atoms with Crippen molar-refractivity contribution < 1.29 is 19.0 Å². The van der Waals surface area contributed by atoms with E-state index in [9.17, 15) is 4.79 Å². The fourth-order valence-electron chi connectivity index (χ4n) is 2.36. The first kappa shape index (κ1) is 21.6. The number of ether oxygens (including phenoxy) is 3. The van der Waals surface area contributed by atoms with Crippen LogP contribution in [0, 0.1) is 0 Å². The summed E-state index contributed by atoms with van der Waals surface area (Å²) in [7, 11) is 3.15. The zero-order chi connectivity index (χ0) is 20.5. The van der Waals surface area contributed by atoms with E-state index in [1.54, 1.807) is 26.4 Å². The van der Waals surface area contributed by atoms with E-state index in [0.717, 1.165) is 17.7 Å². The molecule has 28 heavy (non-hydrogen) atoms. The summed E-state index contributed by atoms with van der Waals surface area (Å²) < 4.78 is 16.3. The molecule has 0 aromatic heterocycles. The lowest BCUT2D eigenvalue weighted by Crippen LogP contribution is -2.19. The number of carbonyl (C=O) groups excluding carboxylic acids is 1. The minimum absolute atomic E-state index is 0.0168. The van der Waals surface area contributed by atoms with Crippen LogP contribution in [0.25, 0.3) is 0 Å². The molecule has 0 bridgehead atoms. The molecule has 150 valence electrons. The molecule has 1 amide bonds. The topological polar surface area (TPSA) is 69.2 Å². The molecule has 7 heteroatoms. The van der Waals surface area contributed by atoms with Crippen LogP contribution in [-0.2, 0) is 11.2 Å². The maximum absolute atomic E-state index is 12.0. The summed E-state index contributed by atoms with van der Waals surface area (Å²) in [5.41, 5.74) is 4.05. The van der Waals surface area contributed by atoms with Crippen LogP contribution in [0.1, 0.15) is 31.4 Å². The second-order valence-corrected chi connectivity index (χ2v) is 6.60. The van der Waals surface area contributed by atoms with Crippen LogP contribution < -0.4 is 19.6 Å². The molecule has 0 spiro atoms. The van der Waals surface area contributed by atoms with Crippen LogP contribution >= 0.6 is 11.6 Å². The maximum atomic E-state index is 12.0. The lowest BCUT2D eigenvalue weighted by Gasteiger charge is -2.17. The van der Waals surface area contributed by atoms with Gasteiger partial charge in [0.15, 0.2) is 11.5 Å². The molecule has 2 rings (SSSR count). The number of amides is 1. The van der Waals surface area contributed by atoms with Crippen LogP contribution in [0.5, 0.6) is 17.2 Å². The van der Waals surface area contributed by atoms with E-state index in [1.165, 1.54) is 6.21 Å². The van der Waals surface area contributed by atoms with Crippen molar-refractivity contribution >= 4 is 23.7 Å². The highest BCUT2D eigenvalue weighted by Gasteiger charge is 2.14. The summed E-state index contributed by atoms with van der Waals surface area (Å²) in [6.07, 6.45) is 2.59. The molecular formula is C21H25ClN2O4. The maximum Gasteiger partial charge on any atom is 0.244 e. The number of hydrazone groups is 1. The van der Waals surface area contributed by atoms with Crippen LogP contribution in [-0.4, -0.2) is 32.4 Å². The number of hydrogen-bond acceptors (Lipinski definition) is 5. The van der Waals surface area contributed by atoms with Gasteiger partial charge >= 0.3 is 0 Å². The summed E-state index contributed by atoms with van der Waals surface area (Å²) in [6.45, 7) is 3.99. The van der Waals surface area contributed by atoms with Crippen LogP contribution in [0.15, 0.2) is 41.5 Å². The van der Waals surface area contributed by atoms with Gasteiger partial charge in [0.1, 0.15) is 5.75 Å². The average Bonchev–Trinajstić information content (AvgIpc) is 2.70. The van der Waals surface area contributed by atoms with Crippen LogP contribution in [0.4, 0.5) is 0 Å². The Hall–Kier alpha value is -2.73. The van der Waals surface area contributed by atoms with E-state index < -0.39 is 0 Å². The summed E-state index contributed by atoms with van der Waals surface area (Å²) in [5, 5.41) is 4.41. The van der Waals surface area contributed by atoms with Crippen molar-refractivity contribution in [2.24, 2.45) is 5.10 Å². The first-order valence-electron chi connectivity index (χ1n) is 8.95. The minimum atomic E-state index is -0.226. The monoisotopic (exact) mass is 404 g/mol. The Morgan fingerprint density at radius 1 is 1.21 bits per heavy atom. The molecule has 1 atom stereocenters. The van der Waals surface area contributed by atoms with Crippen molar-refractivity contribution in [3.63, 3.8) is 0 Å². The van der Waals surface area contributed by atoms with E-state index >= 15 is 0 Å². The third-order valence-corrected chi connectivity index (χ3v) is 4.35. The van der Waals surface area contributed by atoms with Crippen molar-refractivity contribution in [1.82, 2.24) is 5.43 Å². The van der Waals surface area contributed by atoms with Crippen molar-refractivity contribution in [1.29, 1.82) is 0 Å². The Labute approximate surface area is 170 Å². The van der Waals surface area contributed by atoms with Gasteiger partial charge in [-0.1, -0.05) is 30.7 Å². The van der Waals surface area contributed by atoms with Gasteiger partial charge in [-0.15, -0.1) is 0 Å². The lowest BCUT2D eigenvalue weighted by molar-refractivity contribution is -0.120. The molecule has 1 N–H and O–H groups in total. The van der Waals surface area contributed by atoms with Gasteiger partial charge in [0.05, 0.1) is 38.0 Å². The fourth-order valence-corrected chi connectivity index (χ4v) is 2.62. The van der Waals surface area contributed by atoms with Crippen molar-refractivity contribution in [3.05, 3.63) is 52.5 Å². The zero-order valence-electron chi connectivity index (χ0n) is 16.5. The fraction of sp³-hybridized carbons (Fsp3) is 0.333. The van der Waals surface area contributed by atoms with Gasteiger partial charge in [-0.3, -0.25) is 4.79 Å². The highest BCUT2D eigenvalue weighted by Crippen LogP contribution is 2.37. The highest BCUT2D eigenvalue weighted by molar-refractivity contribution is 6.32. The zero-order valence-corrected chi connectivity index (χ0v) is 17.2. The number of benzene rings is 2. The second-order valence-electron chi connectivity index (χ2n) is 6.19. The predicted molar refractivity (Wildman–Crippen MR) is 111 cm³/mol. The Kier molecular flexibility index (Phi) is 8.14. The van der Waals surface area contributed by atoms with E-state index in [1.807, 2.05) is 38.1 Å². The van der Waals surface area contributed by atoms with Gasteiger partial charge in [-0.05, 0) is 48.7 Å². The molecule has 6 nitrogen and oxygen atoms in total. The van der Waals surface area contributed by atoms with Gasteiger partial charge in [-0.25, -0.2) is 5.43 Å². The van der Waals surface area contributed by atoms with E-state index in [2.05, 4.69) is 10.5 Å². The van der Waals surface area contributed by atoms with Crippen LogP contribution in [0.3, 0.4) is 0 Å². The first-order chi connectivity index (χ1) is 13.5. The molecule has 0 heterocycles. The Morgan fingerprint density at radius 2 is 1.93 bits per heavy atom.